The van der Waals surface area contributed by atoms with E-state index in [2.05, 4.69) is 9.97 Å². The minimum Gasteiger partial charge on any atom is -0.611 e. The van der Waals surface area contributed by atoms with Crippen LogP contribution in [0.3, 0.4) is 0 Å². The highest BCUT2D eigenvalue weighted by Crippen LogP contribution is 2.22. The van der Waals surface area contributed by atoms with Crippen molar-refractivity contribution in [2.45, 2.75) is 30.4 Å². The van der Waals surface area contributed by atoms with Crippen LogP contribution in [0.25, 0.3) is 0 Å². The molecule has 1 aromatic rings. The third kappa shape index (κ3) is 2.19. The molecule has 3 nitrogen and oxygen atoms in total. The molecule has 12 heavy (non-hydrogen) atoms. The van der Waals surface area contributed by atoms with Crippen molar-refractivity contribution in [2.24, 2.45) is 0 Å². The Morgan fingerprint density at radius 2 is 1.75 bits per heavy atom. The fourth-order valence-corrected chi connectivity index (χ4v) is 1.76. The molecule has 0 bridgehead atoms. The van der Waals surface area contributed by atoms with Crippen LogP contribution in [0, 0.1) is 0 Å². The molecule has 0 saturated carbocycles. The Balaban J connectivity index is 2.86. The lowest BCUT2D eigenvalue weighted by Crippen LogP contribution is -2.28. The molecule has 0 aliphatic rings. The Morgan fingerprint density at radius 1 is 1.25 bits per heavy atom. The summed E-state index contributed by atoms with van der Waals surface area (Å²) >= 11 is -1.03. The van der Waals surface area contributed by atoms with Crippen molar-refractivity contribution in [3.05, 3.63) is 18.7 Å². The molecular formula is C8H12N2OS. The predicted octanol–water partition coefficient (Wildman–Crippen LogP) is 1.38. The highest BCUT2D eigenvalue weighted by molar-refractivity contribution is 7.92. The third-order valence-corrected chi connectivity index (χ3v) is 3.06. The van der Waals surface area contributed by atoms with Gasteiger partial charge in [-0.1, -0.05) is 0 Å². The van der Waals surface area contributed by atoms with E-state index < -0.39 is 11.2 Å². The molecule has 1 heterocycles. The lowest BCUT2D eigenvalue weighted by molar-refractivity contribution is 0.558. The number of hydrogen-bond donors (Lipinski definition) is 0. The van der Waals surface area contributed by atoms with Gasteiger partial charge in [-0.25, -0.2) is 9.97 Å². The van der Waals surface area contributed by atoms with E-state index in [1.165, 1.54) is 6.33 Å². The van der Waals surface area contributed by atoms with E-state index in [-0.39, 0.29) is 4.75 Å². The van der Waals surface area contributed by atoms with Gasteiger partial charge in [0.15, 0.2) is 4.90 Å². The fourth-order valence-electron chi connectivity index (χ4n) is 0.735. The van der Waals surface area contributed by atoms with Crippen LogP contribution >= 0.6 is 0 Å². The Hall–Kier alpha value is -0.610. The van der Waals surface area contributed by atoms with Crippen LogP contribution in [0.4, 0.5) is 0 Å². The van der Waals surface area contributed by atoms with Crippen molar-refractivity contribution >= 4 is 11.2 Å². The first-order chi connectivity index (χ1) is 5.52. The molecule has 0 radical (unpaired) electrons. The molecule has 0 amide bonds. The zero-order valence-electron chi connectivity index (χ0n) is 7.44. The topological polar surface area (TPSA) is 48.8 Å². The van der Waals surface area contributed by atoms with Gasteiger partial charge in [-0.2, -0.15) is 0 Å². The minimum atomic E-state index is -1.03. The zero-order chi connectivity index (χ0) is 9.19. The summed E-state index contributed by atoms with van der Waals surface area (Å²) in [6, 6.07) is 0. The molecule has 66 valence electrons. The summed E-state index contributed by atoms with van der Waals surface area (Å²) in [5.41, 5.74) is 0. The molecule has 0 saturated heterocycles. The van der Waals surface area contributed by atoms with Gasteiger partial charge >= 0.3 is 0 Å². The summed E-state index contributed by atoms with van der Waals surface area (Å²) in [5.74, 6) is 0. The van der Waals surface area contributed by atoms with Crippen molar-refractivity contribution in [3.8, 4) is 0 Å². The van der Waals surface area contributed by atoms with Crippen LogP contribution in [0.1, 0.15) is 20.8 Å². The van der Waals surface area contributed by atoms with Crippen molar-refractivity contribution in [1.29, 1.82) is 0 Å². The van der Waals surface area contributed by atoms with Crippen molar-refractivity contribution in [1.82, 2.24) is 9.97 Å². The van der Waals surface area contributed by atoms with Gasteiger partial charge in [0.1, 0.15) is 11.1 Å². The van der Waals surface area contributed by atoms with E-state index in [1.807, 2.05) is 20.8 Å². The summed E-state index contributed by atoms with van der Waals surface area (Å²) in [6.07, 6.45) is 4.62. The van der Waals surface area contributed by atoms with Crippen LogP contribution in [-0.4, -0.2) is 19.3 Å². The van der Waals surface area contributed by atoms with Crippen molar-refractivity contribution < 1.29 is 4.55 Å². The monoisotopic (exact) mass is 184 g/mol. The maximum absolute atomic E-state index is 11.7. The van der Waals surface area contributed by atoms with Gasteiger partial charge in [0.05, 0.1) is 12.4 Å². The number of nitrogens with zero attached hydrogens (tertiary/aromatic N) is 2. The van der Waals surface area contributed by atoms with Crippen LogP contribution in [0.15, 0.2) is 23.6 Å². The third-order valence-electron chi connectivity index (χ3n) is 1.31. The molecule has 0 aromatic carbocycles. The summed E-state index contributed by atoms with van der Waals surface area (Å²) in [6.45, 7) is 5.78. The summed E-state index contributed by atoms with van der Waals surface area (Å²) in [4.78, 5) is 8.32. The van der Waals surface area contributed by atoms with E-state index >= 15 is 0 Å². The normalized spacial score (nSPS) is 14.3. The predicted molar refractivity (Wildman–Crippen MR) is 48.2 cm³/mol. The summed E-state index contributed by atoms with van der Waals surface area (Å²) < 4.78 is 11.5. The van der Waals surface area contributed by atoms with E-state index in [4.69, 9.17) is 0 Å². The summed E-state index contributed by atoms with van der Waals surface area (Å²) in [5, 5.41) is 0. The van der Waals surface area contributed by atoms with Gasteiger partial charge in [0, 0.05) is 0 Å². The SMILES string of the molecule is CC(C)(C)[S+]([O-])c1cncnc1. The molecule has 0 aliphatic heterocycles. The van der Waals surface area contributed by atoms with Crippen molar-refractivity contribution in [3.63, 3.8) is 0 Å². The Labute approximate surface area is 75.4 Å². The summed E-state index contributed by atoms with van der Waals surface area (Å²) in [7, 11) is 0. The fraction of sp³-hybridized carbons (Fsp3) is 0.500. The maximum atomic E-state index is 11.7. The van der Waals surface area contributed by atoms with Gasteiger partial charge < -0.3 is 4.55 Å². The van der Waals surface area contributed by atoms with Crippen LogP contribution in [0.5, 0.6) is 0 Å². The second kappa shape index (κ2) is 3.41. The van der Waals surface area contributed by atoms with Gasteiger partial charge in [-0.05, 0) is 31.9 Å². The molecule has 0 N–H and O–H groups in total. The highest BCUT2D eigenvalue weighted by Gasteiger charge is 2.28. The van der Waals surface area contributed by atoms with Crippen molar-refractivity contribution in [2.75, 3.05) is 0 Å². The molecule has 1 aromatic heterocycles. The first kappa shape index (κ1) is 9.48. The second-order valence-electron chi connectivity index (χ2n) is 3.46. The second-order valence-corrected chi connectivity index (χ2v) is 5.69. The smallest absolute Gasteiger partial charge is 0.189 e. The van der Waals surface area contributed by atoms with Gasteiger partial charge in [0.2, 0.25) is 0 Å². The van der Waals surface area contributed by atoms with Crippen LogP contribution < -0.4 is 0 Å². The molecule has 0 spiro atoms. The average Bonchev–Trinajstić information content (AvgIpc) is 2.03. The lowest BCUT2D eigenvalue weighted by atomic mass is 10.3. The number of aromatic nitrogens is 2. The maximum Gasteiger partial charge on any atom is 0.189 e. The Morgan fingerprint density at radius 3 is 2.17 bits per heavy atom. The number of hydrogen-bond acceptors (Lipinski definition) is 3. The quantitative estimate of drug-likeness (QED) is 0.619. The largest absolute Gasteiger partial charge is 0.611 e. The Bertz CT molecular complexity index is 245. The first-order valence-corrected chi connectivity index (χ1v) is 4.83. The molecular weight excluding hydrogens is 172 g/mol. The molecule has 1 rings (SSSR count). The number of rotatable bonds is 1. The minimum absolute atomic E-state index is 0.245. The molecule has 0 aliphatic carbocycles. The van der Waals surface area contributed by atoms with E-state index in [1.54, 1.807) is 12.4 Å². The molecule has 1 atom stereocenters. The zero-order valence-corrected chi connectivity index (χ0v) is 8.26. The first-order valence-electron chi connectivity index (χ1n) is 3.69. The standard InChI is InChI=1S/C8H12N2OS/c1-8(2,3)12(11)7-4-9-6-10-5-7/h4-6H,1-3H3. The van der Waals surface area contributed by atoms with Crippen LogP contribution in [0.2, 0.25) is 0 Å². The van der Waals surface area contributed by atoms with E-state index in [0.717, 1.165) is 0 Å². The van der Waals surface area contributed by atoms with Gasteiger partial charge in [-0.15, -0.1) is 0 Å². The average molecular weight is 184 g/mol. The van der Waals surface area contributed by atoms with E-state index in [0.29, 0.717) is 4.90 Å². The van der Waals surface area contributed by atoms with Gasteiger partial charge in [-0.3, -0.25) is 0 Å². The Kier molecular flexibility index (Phi) is 2.69. The highest BCUT2D eigenvalue weighted by atomic mass is 32.2. The lowest BCUT2D eigenvalue weighted by Gasteiger charge is -2.22. The molecule has 0 fully saturated rings. The molecule has 1 unspecified atom stereocenters. The molecule has 4 heteroatoms. The van der Waals surface area contributed by atoms with Gasteiger partial charge in [0.25, 0.3) is 0 Å². The van der Waals surface area contributed by atoms with Crippen LogP contribution in [-0.2, 0) is 11.2 Å². The van der Waals surface area contributed by atoms with E-state index in [9.17, 15) is 4.55 Å².